The zero-order valence-corrected chi connectivity index (χ0v) is 11.8. The fraction of sp³-hybridized carbons (Fsp3) is 0.769. The van der Waals surface area contributed by atoms with Gasteiger partial charge in [-0.05, 0) is 25.7 Å². The largest absolute Gasteiger partial charge is 0.480 e. The molecule has 0 aromatic heterocycles. The number of nitrogens with one attached hydrogen (secondary N) is 1. The molecule has 7 nitrogen and oxygen atoms in total. The first-order chi connectivity index (χ1) is 9.45. The lowest BCUT2D eigenvalue weighted by atomic mass is 9.98. The van der Waals surface area contributed by atoms with Gasteiger partial charge in [0.25, 0.3) is 0 Å². The number of carboxylic acid groups (broad SMARTS) is 1. The lowest BCUT2D eigenvalue weighted by Crippen LogP contribution is -2.49. The summed E-state index contributed by atoms with van der Waals surface area (Å²) in [6.45, 7) is 4.02. The van der Waals surface area contributed by atoms with Crippen LogP contribution in [0.1, 0.15) is 33.1 Å². The summed E-state index contributed by atoms with van der Waals surface area (Å²) < 4.78 is 9.98. The van der Waals surface area contributed by atoms with E-state index in [9.17, 15) is 19.5 Å². The predicted molar refractivity (Wildman–Crippen MR) is 69.0 cm³/mol. The molecule has 0 spiro atoms. The van der Waals surface area contributed by atoms with Gasteiger partial charge >= 0.3 is 11.9 Å². The Hall–Kier alpha value is -1.63. The van der Waals surface area contributed by atoms with Crippen molar-refractivity contribution in [2.75, 3.05) is 13.2 Å². The Morgan fingerprint density at radius 3 is 2.65 bits per heavy atom. The maximum absolute atomic E-state index is 11.9. The van der Waals surface area contributed by atoms with Crippen molar-refractivity contribution in [1.29, 1.82) is 0 Å². The zero-order valence-electron chi connectivity index (χ0n) is 11.8. The Labute approximate surface area is 117 Å². The Bertz CT molecular complexity index is 364. The van der Waals surface area contributed by atoms with Gasteiger partial charge in [0.15, 0.2) is 0 Å². The van der Waals surface area contributed by atoms with E-state index in [0.717, 1.165) is 6.42 Å². The van der Waals surface area contributed by atoms with Crippen molar-refractivity contribution in [2.45, 2.75) is 45.3 Å². The number of ether oxygens (including phenoxy) is 2. The molecule has 2 N–H and O–H groups in total. The normalized spacial score (nSPS) is 21.0. The van der Waals surface area contributed by atoms with Gasteiger partial charge in [0.05, 0.1) is 13.0 Å². The monoisotopic (exact) mass is 287 g/mol. The molecule has 1 amide bonds. The van der Waals surface area contributed by atoms with E-state index in [1.54, 1.807) is 13.8 Å². The second kappa shape index (κ2) is 7.84. The lowest BCUT2D eigenvalue weighted by molar-refractivity contribution is -0.148. The number of esters is 1. The summed E-state index contributed by atoms with van der Waals surface area (Å²) >= 11 is 0. The number of aliphatic carboxylic acids is 1. The number of carbonyl (C=O) groups excluding carboxylic acids is 2. The predicted octanol–water partition coefficient (Wildman–Crippen LogP) is 0.324. The summed E-state index contributed by atoms with van der Waals surface area (Å²) in [5.41, 5.74) is 0. The molecule has 1 heterocycles. The van der Waals surface area contributed by atoms with Crippen molar-refractivity contribution in [2.24, 2.45) is 5.92 Å². The van der Waals surface area contributed by atoms with Crippen molar-refractivity contribution in [3.05, 3.63) is 0 Å². The third-order valence-electron chi connectivity index (χ3n) is 3.15. The zero-order chi connectivity index (χ0) is 15.1. The molecule has 0 aromatic rings. The van der Waals surface area contributed by atoms with E-state index in [2.05, 4.69) is 5.32 Å². The van der Waals surface area contributed by atoms with Crippen LogP contribution in [0.15, 0.2) is 0 Å². The topological polar surface area (TPSA) is 102 Å². The third-order valence-corrected chi connectivity index (χ3v) is 3.15. The van der Waals surface area contributed by atoms with E-state index in [4.69, 9.17) is 9.47 Å². The van der Waals surface area contributed by atoms with Gasteiger partial charge in [0.2, 0.25) is 5.91 Å². The lowest BCUT2D eigenvalue weighted by Gasteiger charge is -2.22. The number of carboxylic acids is 1. The Balaban J connectivity index is 2.56. The van der Waals surface area contributed by atoms with Crippen LogP contribution in [-0.4, -0.2) is 48.3 Å². The minimum absolute atomic E-state index is 0.0589. The van der Waals surface area contributed by atoms with Crippen LogP contribution >= 0.6 is 0 Å². The summed E-state index contributed by atoms with van der Waals surface area (Å²) in [5.74, 6) is -2.65. The van der Waals surface area contributed by atoms with Crippen LogP contribution in [0, 0.1) is 5.92 Å². The number of hydrogen-bond donors (Lipinski definition) is 2. The highest BCUT2D eigenvalue weighted by molar-refractivity contribution is 5.87. The Kier molecular flexibility index (Phi) is 6.44. The number of amides is 1. The van der Waals surface area contributed by atoms with Gasteiger partial charge in [0.1, 0.15) is 12.1 Å². The van der Waals surface area contributed by atoms with Gasteiger partial charge in [-0.3, -0.25) is 9.59 Å². The molecule has 1 fully saturated rings. The smallest absolute Gasteiger partial charge is 0.326 e. The molecule has 0 aliphatic carbocycles. The molecule has 0 bridgehead atoms. The molecule has 0 aromatic carbocycles. The summed E-state index contributed by atoms with van der Waals surface area (Å²) in [6, 6.07) is -1.13. The molecule has 20 heavy (non-hydrogen) atoms. The fourth-order valence-electron chi connectivity index (χ4n) is 2.08. The first-order valence-electron chi connectivity index (χ1n) is 6.76. The van der Waals surface area contributed by atoms with Crippen LogP contribution in [0.5, 0.6) is 0 Å². The maximum Gasteiger partial charge on any atom is 0.326 e. The Morgan fingerprint density at radius 1 is 1.45 bits per heavy atom. The molecule has 0 unspecified atom stereocenters. The Morgan fingerprint density at radius 2 is 2.15 bits per heavy atom. The van der Waals surface area contributed by atoms with Crippen molar-refractivity contribution in [3.8, 4) is 0 Å². The van der Waals surface area contributed by atoms with Crippen LogP contribution in [0.3, 0.4) is 0 Å². The van der Waals surface area contributed by atoms with E-state index in [0.29, 0.717) is 13.0 Å². The summed E-state index contributed by atoms with van der Waals surface area (Å²) in [4.78, 5) is 34.5. The number of carbonyl (C=O) groups is 3. The standard InChI is InChI=1S/C13H21NO6/c1-3-19-10(15)7-8(2)11(13(17)18)14-12(16)9-5-4-6-20-9/h8-9,11H,3-7H2,1-2H3,(H,14,16)(H,17,18)/t8-,9+,11-/m1/s1. The van der Waals surface area contributed by atoms with Gasteiger partial charge in [-0.25, -0.2) is 4.79 Å². The minimum atomic E-state index is -1.17. The molecular formula is C13H21NO6. The average molecular weight is 287 g/mol. The van der Waals surface area contributed by atoms with Gasteiger partial charge in [-0.15, -0.1) is 0 Å². The minimum Gasteiger partial charge on any atom is -0.480 e. The molecule has 1 rings (SSSR count). The summed E-state index contributed by atoms with van der Waals surface area (Å²) in [6.07, 6.45) is 0.724. The number of rotatable bonds is 7. The van der Waals surface area contributed by atoms with Crippen LogP contribution in [0.4, 0.5) is 0 Å². The highest BCUT2D eigenvalue weighted by atomic mass is 16.5. The average Bonchev–Trinajstić information content (AvgIpc) is 2.89. The van der Waals surface area contributed by atoms with Crippen molar-refractivity contribution >= 4 is 17.8 Å². The van der Waals surface area contributed by atoms with Gasteiger partial charge in [0, 0.05) is 6.61 Å². The molecular weight excluding hydrogens is 266 g/mol. The van der Waals surface area contributed by atoms with Gasteiger partial charge < -0.3 is 19.9 Å². The molecule has 0 saturated carbocycles. The molecule has 114 valence electrons. The second-order valence-corrected chi connectivity index (χ2v) is 4.81. The SMILES string of the molecule is CCOC(=O)C[C@@H](C)[C@@H](NC(=O)[C@@H]1CCCO1)C(=O)O. The molecule has 0 radical (unpaired) electrons. The molecule has 1 saturated heterocycles. The van der Waals surface area contributed by atoms with E-state index >= 15 is 0 Å². The summed E-state index contributed by atoms with van der Waals surface area (Å²) in [7, 11) is 0. The van der Waals surface area contributed by atoms with Crippen LogP contribution in [0.2, 0.25) is 0 Å². The van der Waals surface area contributed by atoms with Gasteiger partial charge in [-0.2, -0.15) is 0 Å². The molecule has 3 atom stereocenters. The highest BCUT2D eigenvalue weighted by Gasteiger charge is 2.32. The molecule has 7 heteroatoms. The highest BCUT2D eigenvalue weighted by Crippen LogP contribution is 2.15. The van der Waals surface area contributed by atoms with Crippen molar-refractivity contribution in [1.82, 2.24) is 5.32 Å². The van der Waals surface area contributed by atoms with E-state index in [1.165, 1.54) is 0 Å². The van der Waals surface area contributed by atoms with Crippen molar-refractivity contribution in [3.63, 3.8) is 0 Å². The van der Waals surface area contributed by atoms with Gasteiger partial charge in [-0.1, -0.05) is 6.92 Å². The second-order valence-electron chi connectivity index (χ2n) is 4.81. The van der Waals surface area contributed by atoms with Crippen molar-refractivity contribution < 1.29 is 29.0 Å². The molecule has 1 aliphatic rings. The third kappa shape index (κ3) is 4.80. The number of hydrogen-bond acceptors (Lipinski definition) is 5. The van der Waals surface area contributed by atoms with Crippen LogP contribution in [0.25, 0.3) is 0 Å². The fourth-order valence-corrected chi connectivity index (χ4v) is 2.08. The van der Waals surface area contributed by atoms with Crippen LogP contribution in [-0.2, 0) is 23.9 Å². The maximum atomic E-state index is 11.9. The molecule has 1 aliphatic heterocycles. The summed E-state index contributed by atoms with van der Waals surface area (Å²) in [5, 5.41) is 11.6. The first-order valence-corrected chi connectivity index (χ1v) is 6.76. The van der Waals surface area contributed by atoms with E-state index < -0.39 is 35.9 Å². The van der Waals surface area contributed by atoms with E-state index in [-0.39, 0.29) is 13.0 Å². The first kappa shape index (κ1) is 16.4. The van der Waals surface area contributed by atoms with Crippen LogP contribution < -0.4 is 5.32 Å². The quantitative estimate of drug-likeness (QED) is 0.654. The van der Waals surface area contributed by atoms with E-state index in [1.807, 2.05) is 0 Å².